The second-order valence-corrected chi connectivity index (χ2v) is 17.5. The van der Waals surface area contributed by atoms with E-state index in [2.05, 4.69) is 165 Å². The van der Waals surface area contributed by atoms with Crippen molar-refractivity contribution in [1.29, 1.82) is 0 Å². The minimum absolute atomic E-state index is 0. The van der Waals surface area contributed by atoms with Crippen molar-refractivity contribution >= 4 is 82.5 Å². The minimum Gasteiger partial charge on any atom is -0.509 e. The van der Waals surface area contributed by atoms with Gasteiger partial charge in [-0.05, 0) is 85.5 Å². The third kappa shape index (κ3) is 6.35. The first-order valence-corrected chi connectivity index (χ1v) is 23.0. The molecule has 338 valence electrons. The van der Waals surface area contributed by atoms with Gasteiger partial charge in [0.1, 0.15) is 5.82 Å². The van der Waals surface area contributed by atoms with Crippen LogP contribution in [0.1, 0.15) is 9.68 Å². The molecular formula is C62H41N6OPt-3. The van der Waals surface area contributed by atoms with Crippen molar-refractivity contribution in [2.75, 3.05) is 16.8 Å². The van der Waals surface area contributed by atoms with Gasteiger partial charge in [-0.3, -0.25) is 0 Å². The smallest absolute Gasteiger partial charge is 0.135 e. The molecule has 7 nitrogen and oxygen atoms in total. The van der Waals surface area contributed by atoms with E-state index in [0.717, 1.165) is 93.9 Å². The Kier molecular flexibility index (Phi) is 9.04. The zero-order valence-corrected chi connectivity index (χ0v) is 39.9. The third-order valence-corrected chi connectivity index (χ3v) is 13.6. The Bertz CT molecular complexity index is 4100. The molecule has 0 N–H and O–H groups in total. The summed E-state index contributed by atoms with van der Waals surface area (Å²) in [5.41, 5.74) is 11.7. The Morgan fingerprint density at radius 2 is 0.971 bits per heavy atom. The van der Waals surface area contributed by atoms with Gasteiger partial charge in [0.05, 0.1) is 33.4 Å². The summed E-state index contributed by atoms with van der Waals surface area (Å²) in [5, 5.41) is 6.31. The predicted octanol–water partition coefficient (Wildman–Crippen LogP) is 15.4. The van der Waals surface area contributed by atoms with E-state index in [9.17, 15) is 4.11 Å². The molecule has 0 amide bonds. The minimum atomic E-state index is -2.57. The van der Waals surface area contributed by atoms with Crippen molar-refractivity contribution < 1.29 is 29.9 Å². The zero-order chi connectivity index (χ0) is 48.2. The van der Waals surface area contributed by atoms with Gasteiger partial charge in [0.2, 0.25) is 0 Å². The van der Waals surface area contributed by atoms with Crippen molar-refractivity contribution in [2.45, 2.75) is 6.85 Å². The molecule has 0 aliphatic carbocycles. The third-order valence-electron chi connectivity index (χ3n) is 13.6. The molecule has 0 unspecified atom stereocenters. The maximum atomic E-state index is 9.36. The van der Waals surface area contributed by atoms with Gasteiger partial charge in [0, 0.05) is 92.4 Å². The van der Waals surface area contributed by atoms with Gasteiger partial charge in [0.25, 0.3) is 0 Å². The van der Waals surface area contributed by atoms with Gasteiger partial charge in [0.15, 0.2) is 0 Å². The van der Waals surface area contributed by atoms with Crippen LogP contribution in [-0.4, -0.2) is 25.7 Å². The van der Waals surface area contributed by atoms with Crippen LogP contribution >= 0.6 is 0 Å². The molecule has 0 radical (unpaired) electrons. The fourth-order valence-corrected chi connectivity index (χ4v) is 10.7. The van der Waals surface area contributed by atoms with Crippen LogP contribution in [0.15, 0.2) is 206 Å². The van der Waals surface area contributed by atoms with Crippen LogP contribution in [0.4, 0.5) is 17.1 Å². The average molecular weight is 1080 g/mol. The first kappa shape index (κ1) is 38.6. The summed E-state index contributed by atoms with van der Waals surface area (Å²) >= 11 is 0. The molecule has 14 rings (SSSR count). The fraction of sp³-hybridized carbons (Fsp3) is 0.0323. The molecular weight excluding hydrogens is 1040 g/mol. The maximum absolute atomic E-state index is 9.36. The Hall–Kier alpha value is -8.38. The zero-order valence-electron chi connectivity index (χ0n) is 40.6. The Labute approximate surface area is 423 Å². The van der Waals surface area contributed by atoms with Gasteiger partial charge in [-0.15, -0.1) is 41.4 Å². The van der Waals surface area contributed by atoms with E-state index in [0.29, 0.717) is 28.4 Å². The van der Waals surface area contributed by atoms with Crippen LogP contribution in [-0.2, 0) is 21.1 Å². The molecule has 0 saturated carbocycles. The van der Waals surface area contributed by atoms with Crippen molar-refractivity contribution in [3.63, 3.8) is 0 Å². The number of ether oxygens (including phenoxy) is 1. The summed E-state index contributed by atoms with van der Waals surface area (Å²) in [6.07, 6.45) is 1.76. The van der Waals surface area contributed by atoms with Crippen LogP contribution < -0.4 is 14.5 Å². The number of benzene rings is 9. The van der Waals surface area contributed by atoms with Crippen molar-refractivity contribution in [2.24, 2.45) is 0 Å². The number of hydrogen-bond acceptors (Lipinski definition) is 4. The summed E-state index contributed by atoms with van der Waals surface area (Å²) in [5.74, 6) is 1.45. The van der Waals surface area contributed by atoms with Gasteiger partial charge in [-0.1, -0.05) is 115 Å². The Balaban J connectivity index is 0.00000516. The second kappa shape index (κ2) is 16.4. The number of para-hydroxylation sites is 7. The second-order valence-electron chi connectivity index (χ2n) is 17.5. The molecule has 1 aliphatic heterocycles. The normalized spacial score (nSPS) is 13.3. The first-order chi connectivity index (χ1) is 35.3. The number of rotatable bonds is 7. The van der Waals surface area contributed by atoms with Crippen LogP contribution in [0, 0.1) is 25.7 Å². The fourth-order valence-electron chi connectivity index (χ4n) is 10.7. The van der Waals surface area contributed by atoms with Gasteiger partial charge < -0.3 is 28.2 Å². The van der Waals surface area contributed by atoms with Crippen molar-refractivity contribution in [3.05, 3.63) is 231 Å². The Morgan fingerprint density at radius 3 is 1.56 bits per heavy atom. The van der Waals surface area contributed by atoms with Crippen molar-refractivity contribution in [3.8, 4) is 39.8 Å². The number of anilines is 3. The molecule has 1 aliphatic rings. The Morgan fingerprint density at radius 1 is 0.486 bits per heavy atom. The summed E-state index contributed by atoms with van der Waals surface area (Å²) in [7, 11) is 2.03. The van der Waals surface area contributed by atoms with E-state index in [1.54, 1.807) is 12.3 Å². The van der Waals surface area contributed by atoms with Crippen LogP contribution in [0.3, 0.4) is 0 Å². The molecule has 5 heterocycles. The molecule has 0 saturated heterocycles. The summed E-state index contributed by atoms with van der Waals surface area (Å²) < 4.78 is 41.2. The SMILES string of the molecule is [2H]C([2H])([2H])c1cc(-n2c3[c-]c(Oc4[c-]c(N5[CH-]N(C)c6ccccc65)ccc4)ccc3c3ccccc32)ncc1-c1c(-n2c3ccccc3c3ccccc32)cccc1-n1c2ccccc2c2ccccc21.[Pt]. The van der Waals surface area contributed by atoms with E-state index in [4.69, 9.17) is 9.72 Å². The molecule has 0 atom stereocenters. The van der Waals surface area contributed by atoms with E-state index in [-0.39, 0.29) is 26.6 Å². The van der Waals surface area contributed by atoms with E-state index in [1.165, 1.54) is 0 Å². The summed E-state index contributed by atoms with van der Waals surface area (Å²) in [4.78, 5) is 9.46. The number of nitrogens with zero attached hydrogens (tertiary/aromatic N) is 6. The molecule has 0 bridgehead atoms. The van der Waals surface area contributed by atoms with Crippen molar-refractivity contribution in [1.82, 2.24) is 18.7 Å². The molecule has 0 fully saturated rings. The first-order valence-electron chi connectivity index (χ1n) is 24.5. The van der Waals surface area contributed by atoms with Crippen LogP contribution in [0.5, 0.6) is 11.5 Å². The molecule has 70 heavy (non-hydrogen) atoms. The predicted molar refractivity (Wildman–Crippen MR) is 283 cm³/mol. The number of hydrogen-bond donors (Lipinski definition) is 0. The number of aromatic nitrogens is 4. The molecule has 0 spiro atoms. The van der Waals surface area contributed by atoms with Gasteiger partial charge in [-0.2, -0.15) is 18.8 Å². The topological polar surface area (TPSA) is 43.4 Å². The number of fused-ring (bicyclic) bond motifs is 10. The molecule has 9 aromatic carbocycles. The number of pyridine rings is 1. The maximum Gasteiger partial charge on any atom is 0.135 e. The number of aryl methyl sites for hydroxylation is 1. The summed E-state index contributed by atoms with van der Waals surface area (Å²) in [6.45, 7) is -0.532. The van der Waals surface area contributed by atoms with Crippen LogP contribution in [0.2, 0.25) is 0 Å². The monoisotopic (exact) mass is 1080 g/mol. The van der Waals surface area contributed by atoms with Gasteiger partial charge in [-0.25, -0.2) is 4.98 Å². The van der Waals surface area contributed by atoms with Gasteiger partial charge >= 0.3 is 0 Å². The quantitative estimate of drug-likeness (QED) is 0.149. The average Bonchev–Trinajstić information content (AvgIpc) is 4.14. The standard InChI is InChI=1S/C62H41N6O.Pt/c1-40-35-61(68-55-28-12-7-23-48(55)49-34-33-43(37-60(49)68)69-42-18-15-17-41(36-42)65-39-64(2)56-29-13-14-30-57(56)65)63-38-50(40)62-58(66-51-24-8-3-19-44(51)45-20-4-9-25-52(45)66)31-16-32-59(62)67-53-26-10-5-21-46(53)47-22-6-11-27-54(47)67;/h3-35,38-39H,1-2H3;/q-3;/i1D3;. The largest absolute Gasteiger partial charge is 0.509 e. The van der Waals surface area contributed by atoms with E-state index >= 15 is 0 Å². The molecule has 8 heteroatoms. The van der Waals surface area contributed by atoms with E-state index < -0.39 is 6.85 Å². The summed E-state index contributed by atoms with van der Waals surface area (Å²) in [6, 6.07) is 74.8. The molecule has 13 aromatic rings. The molecule has 4 aromatic heterocycles. The van der Waals surface area contributed by atoms with E-state index in [1.807, 2.05) is 78.9 Å². The van der Waals surface area contributed by atoms with Crippen LogP contribution in [0.25, 0.3) is 93.7 Å².